The van der Waals surface area contributed by atoms with Crippen molar-refractivity contribution < 1.29 is 83.6 Å². The molecule has 0 aromatic heterocycles. The Hall–Kier alpha value is -3.25. The number of hydrogen-bond acceptors (Lipinski definition) is 14. The van der Waals surface area contributed by atoms with Crippen molar-refractivity contribution in [2.24, 2.45) is 10.2 Å². The first-order chi connectivity index (χ1) is 19.1. The summed E-state index contributed by atoms with van der Waals surface area (Å²) in [6.07, 6.45) is 0. The molecule has 0 fully saturated rings. The second-order valence-electron chi connectivity index (χ2n) is 8.19. The van der Waals surface area contributed by atoms with E-state index in [0.717, 1.165) is 31.2 Å². The summed E-state index contributed by atoms with van der Waals surface area (Å²) < 4.78 is 125. The van der Waals surface area contributed by atoms with E-state index in [1.54, 1.807) is 0 Å². The van der Waals surface area contributed by atoms with E-state index < -0.39 is 113 Å². The van der Waals surface area contributed by atoms with Crippen LogP contribution in [0.4, 0.5) is 17.1 Å². The standard InChI is InChI=1S/C20H19N3O15S4.Cu/c1-10(24)21-15-8-13(40(29,30)31)6-11-7-17(41(32,33)34)19(20(26)18(11)15)23-22-14-3-2-12(9-16(14)25)39(27,28)5-4-38-42(35,36)37;/h2-3,6-9,25-26H,4-5H2,1H3,(H,21,24)(H,29,30,31)(H,32,33,34)(H,35,36,37);/q;+2. The molecule has 1 amide bonds. The Morgan fingerprint density at radius 3 is 2.00 bits per heavy atom. The fourth-order valence-corrected chi connectivity index (χ4v) is 6.15. The second-order valence-corrected chi connectivity index (χ2v) is 14.2. The molecule has 0 saturated heterocycles. The predicted molar refractivity (Wildman–Crippen MR) is 141 cm³/mol. The monoisotopic (exact) mass is 732 g/mol. The summed E-state index contributed by atoms with van der Waals surface area (Å²) in [6, 6.07) is 4.60. The van der Waals surface area contributed by atoms with Crippen LogP contribution in [0.1, 0.15) is 6.92 Å². The Bertz CT molecular complexity index is 2080. The molecule has 0 spiro atoms. The molecule has 0 aliphatic heterocycles. The van der Waals surface area contributed by atoms with Gasteiger partial charge in [-0.05, 0) is 35.7 Å². The van der Waals surface area contributed by atoms with Crippen LogP contribution >= 0.6 is 0 Å². The topological polar surface area (TPSA) is 301 Å². The van der Waals surface area contributed by atoms with Gasteiger partial charge in [0.05, 0.1) is 27.8 Å². The van der Waals surface area contributed by atoms with Crippen LogP contribution in [-0.2, 0) is 66.5 Å². The average molecular weight is 733 g/mol. The molecule has 18 nitrogen and oxygen atoms in total. The molecule has 237 valence electrons. The Morgan fingerprint density at radius 2 is 1.49 bits per heavy atom. The zero-order valence-corrected chi connectivity index (χ0v) is 25.2. The smallest absolute Gasteiger partial charge is 0.506 e. The van der Waals surface area contributed by atoms with Crippen molar-refractivity contribution >= 4 is 74.2 Å². The van der Waals surface area contributed by atoms with Crippen molar-refractivity contribution in [3.8, 4) is 11.5 Å². The molecule has 0 aliphatic carbocycles. The summed E-state index contributed by atoms with van der Waals surface area (Å²) in [6.45, 7) is 0.0691. The number of phenols is 2. The van der Waals surface area contributed by atoms with Crippen molar-refractivity contribution in [1.82, 2.24) is 0 Å². The molecule has 3 rings (SSSR count). The molecule has 6 N–H and O–H groups in total. The minimum Gasteiger partial charge on any atom is -0.506 e. The third-order valence-electron chi connectivity index (χ3n) is 5.16. The van der Waals surface area contributed by atoms with Crippen LogP contribution in [0.15, 0.2) is 61.3 Å². The van der Waals surface area contributed by atoms with Gasteiger partial charge in [0.2, 0.25) is 5.91 Å². The summed E-state index contributed by atoms with van der Waals surface area (Å²) in [5.74, 6) is -3.59. The van der Waals surface area contributed by atoms with E-state index in [4.69, 9.17) is 4.55 Å². The Morgan fingerprint density at radius 1 is 0.860 bits per heavy atom. The molecule has 0 saturated carbocycles. The second kappa shape index (κ2) is 12.8. The summed E-state index contributed by atoms with van der Waals surface area (Å²) >= 11 is 0. The van der Waals surface area contributed by atoms with Gasteiger partial charge < -0.3 is 15.5 Å². The maximum absolute atomic E-state index is 12.3. The Balaban J connectivity index is 0.00000645. The fourth-order valence-electron chi connectivity index (χ4n) is 3.44. The minimum absolute atomic E-state index is 0. The normalized spacial score (nSPS) is 12.7. The quantitative estimate of drug-likeness (QED) is 0.0982. The molecule has 0 atom stereocenters. The van der Waals surface area contributed by atoms with Gasteiger partial charge in [0.1, 0.15) is 22.0 Å². The molecular formula is C20H19CuN3O15S4+2. The van der Waals surface area contributed by atoms with Gasteiger partial charge in [-0.1, -0.05) is 0 Å². The van der Waals surface area contributed by atoms with Crippen molar-refractivity contribution in [2.75, 3.05) is 17.7 Å². The predicted octanol–water partition coefficient (Wildman–Crippen LogP) is 1.71. The number of fused-ring (bicyclic) bond motifs is 1. The summed E-state index contributed by atoms with van der Waals surface area (Å²) in [4.78, 5) is 9.23. The van der Waals surface area contributed by atoms with Crippen molar-refractivity contribution in [3.05, 3.63) is 36.4 Å². The number of sulfone groups is 1. The van der Waals surface area contributed by atoms with Gasteiger partial charge in [0.25, 0.3) is 20.2 Å². The third kappa shape index (κ3) is 8.88. The SMILES string of the molecule is CC(=O)Nc1cc(S(=O)(=O)O)cc2cc(S(=O)(=O)O)c(N=Nc3ccc(S(=O)(=O)CCOS(=O)(=O)O)cc3O)c(O)c12.[Cu+2]. The van der Waals surface area contributed by atoms with Crippen LogP contribution < -0.4 is 5.32 Å². The Labute approximate surface area is 254 Å². The number of rotatable bonds is 10. The maximum Gasteiger partial charge on any atom is 2.00 e. The van der Waals surface area contributed by atoms with E-state index >= 15 is 0 Å². The van der Waals surface area contributed by atoms with Crippen molar-refractivity contribution in [1.29, 1.82) is 0 Å². The van der Waals surface area contributed by atoms with E-state index in [2.05, 4.69) is 19.7 Å². The molecule has 23 heteroatoms. The summed E-state index contributed by atoms with van der Waals surface area (Å²) in [5, 5.41) is 29.7. The summed E-state index contributed by atoms with van der Waals surface area (Å²) in [5.41, 5.74) is -1.86. The molecule has 0 aliphatic rings. The number of nitrogens with zero attached hydrogens (tertiary/aromatic N) is 2. The first-order valence-corrected chi connectivity index (χ1v) is 16.7. The zero-order valence-electron chi connectivity index (χ0n) is 21.0. The first-order valence-electron chi connectivity index (χ1n) is 10.8. The largest absolute Gasteiger partial charge is 2.00 e. The number of hydrogen-bond donors (Lipinski definition) is 6. The molecule has 1 radical (unpaired) electrons. The van der Waals surface area contributed by atoms with Gasteiger partial charge in [-0.2, -0.15) is 25.3 Å². The van der Waals surface area contributed by atoms with Crippen LogP contribution in [-0.4, -0.2) is 75.8 Å². The van der Waals surface area contributed by atoms with Crippen LogP contribution in [0.5, 0.6) is 11.5 Å². The number of anilines is 1. The number of phenolic OH excluding ortho intramolecular Hbond substituents is 2. The Kier molecular flexibility index (Phi) is 10.7. The van der Waals surface area contributed by atoms with E-state index in [1.807, 2.05) is 0 Å². The van der Waals surface area contributed by atoms with E-state index in [9.17, 15) is 57.8 Å². The maximum atomic E-state index is 12.3. The van der Waals surface area contributed by atoms with Crippen LogP contribution in [0.3, 0.4) is 0 Å². The van der Waals surface area contributed by atoms with Gasteiger partial charge in [-0.3, -0.25) is 18.5 Å². The van der Waals surface area contributed by atoms with Gasteiger partial charge in [-0.15, -0.1) is 10.2 Å². The van der Waals surface area contributed by atoms with Gasteiger partial charge in [0.15, 0.2) is 15.6 Å². The average Bonchev–Trinajstić information content (AvgIpc) is 2.81. The molecule has 0 bridgehead atoms. The third-order valence-corrected chi connectivity index (χ3v) is 9.00. The molecular weight excluding hydrogens is 714 g/mol. The van der Waals surface area contributed by atoms with E-state index in [0.29, 0.717) is 12.1 Å². The van der Waals surface area contributed by atoms with Gasteiger partial charge in [0, 0.05) is 18.4 Å². The van der Waals surface area contributed by atoms with E-state index in [1.165, 1.54) is 0 Å². The number of carbonyl (C=O) groups excluding carboxylic acids is 1. The molecule has 43 heavy (non-hydrogen) atoms. The molecule has 3 aromatic carbocycles. The first kappa shape index (κ1) is 35.9. The molecule has 0 heterocycles. The van der Waals surface area contributed by atoms with Crippen LogP contribution in [0.2, 0.25) is 0 Å². The zero-order chi connectivity index (χ0) is 31.8. The number of aromatic hydroxyl groups is 2. The fraction of sp³-hybridized carbons (Fsp3) is 0.150. The van der Waals surface area contributed by atoms with Gasteiger partial charge in [-0.25, -0.2) is 12.6 Å². The number of nitrogens with one attached hydrogen (secondary N) is 1. The van der Waals surface area contributed by atoms with Crippen molar-refractivity contribution in [3.63, 3.8) is 0 Å². The molecule has 0 unspecified atom stereocenters. The number of azo groups is 1. The number of carbonyl (C=O) groups is 1. The number of benzene rings is 3. The minimum atomic E-state index is -5.22. The van der Waals surface area contributed by atoms with Gasteiger partial charge >= 0.3 is 27.5 Å². The molecule has 3 aromatic rings. The van der Waals surface area contributed by atoms with Crippen molar-refractivity contribution in [2.45, 2.75) is 21.6 Å². The van der Waals surface area contributed by atoms with Crippen LogP contribution in [0, 0.1) is 0 Å². The van der Waals surface area contributed by atoms with Crippen LogP contribution in [0.25, 0.3) is 10.8 Å². The summed E-state index contributed by atoms with van der Waals surface area (Å²) in [7, 11) is -19.3. The van der Waals surface area contributed by atoms with E-state index in [-0.39, 0.29) is 17.1 Å². The number of amides is 1.